The van der Waals surface area contributed by atoms with Crippen LogP contribution in [0.1, 0.15) is 17.2 Å². The number of carboxylic acid groups (broad SMARTS) is 1. The highest BCUT2D eigenvalue weighted by molar-refractivity contribution is 8.03. The van der Waals surface area contributed by atoms with Gasteiger partial charge < -0.3 is 18.7 Å². The van der Waals surface area contributed by atoms with E-state index in [1.54, 1.807) is 38.1 Å². The molecule has 0 atom stereocenters. The lowest BCUT2D eigenvalue weighted by molar-refractivity contribution is -0.385. The van der Waals surface area contributed by atoms with Crippen molar-refractivity contribution in [1.82, 2.24) is 10.2 Å². The third-order valence-electron chi connectivity index (χ3n) is 3.50. The van der Waals surface area contributed by atoms with Crippen molar-refractivity contribution in [2.24, 2.45) is 0 Å². The summed E-state index contributed by atoms with van der Waals surface area (Å²) in [5.74, 6) is -0.534. The molecule has 0 spiro atoms. The van der Waals surface area contributed by atoms with Crippen molar-refractivity contribution < 1.29 is 23.7 Å². The lowest BCUT2D eigenvalue weighted by Crippen LogP contribution is -2.22. The van der Waals surface area contributed by atoms with E-state index in [0.29, 0.717) is 22.8 Å². The fourth-order valence-electron chi connectivity index (χ4n) is 2.22. The number of aromatic nitrogens is 2. The van der Waals surface area contributed by atoms with Crippen molar-refractivity contribution in [3.05, 3.63) is 62.6 Å². The van der Waals surface area contributed by atoms with Crippen molar-refractivity contribution in [3.63, 3.8) is 0 Å². The SMILES string of the molecule is Cc1nnc(S/C(=C/c2ccc(-c3ccc(C)c([N+](=O)[O-])c3)o2)C(=O)[O-])o1. The number of hydrogen-bond acceptors (Lipinski definition) is 9. The third kappa shape index (κ3) is 4.23. The number of carbonyl (C=O) groups is 1. The minimum absolute atomic E-state index is 0.0289. The molecule has 0 N–H and O–H groups in total. The predicted octanol–water partition coefficient (Wildman–Crippen LogP) is 2.74. The molecule has 0 unspecified atom stereocenters. The van der Waals surface area contributed by atoms with Crippen LogP contribution in [0.3, 0.4) is 0 Å². The first-order chi connectivity index (χ1) is 12.8. The molecule has 1 aromatic carbocycles. The molecule has 0 amide bonds. The van der Waals surface area contributed by atoms with Gasteiger partial charge in [0.2, 0.25) is 5.89 Å². The van der Waals surface area contributed by atoms with Crippen LogP contribution < -0.4 is 5.11 Å². The standard InChI is InChI=1S/C17H13N3O6S/c1-9-3-4-11(7-13(9)20(23)24)14-6-5-12(26-14)8-15(16(21)22)27-17-19-18-10(2)25-17/h3-8H,1-2H3,(H,21,22)/p-1/b15-8+. The highest BCUT2D eigenvalue weighted by Gasteiger charge is 2.14. The van der Waals surface area contributed by atoms with Gasteiger partial charge in [0.1, 0.15) is 11.5 Å². The van der Waals surface area contributed by atoms with Gasteiger partial charge >= 0.3 is 0 Å². The van der Waals surface area contributed by atoms with E-state index >= 15 is 0 Å². The van der Waals surface area contributed by atoms with Gasteiger partial charge in [-0.1, -0.05) is 12.1 Å². The molecule has 0 saturated carbocycles. The number of nitro groups is 1. The molecule has 0 saturated heterocycles. The van der Waals surface area contributed by atoms with Crippen LogP contribution in [-0.2, 0) is 4.79 Å². The summed E-state index contributed by atoms with van der Waals surface area (Å²) in [6.07, 6.45) is 1.26. The minimum atomic E-state index is -1.43. The van der Waals surface area contributed by atoms with Gasteiger partial charge in [0.15, 0.2) is 0 Å². The number of carboxylic acids is 1. The Hall–Kier alpha value is -3.40. The molecule has 2 heterocycles. The second-order valence-corrected chi connectivity index (χ2v) is 6.44. The van der Waals surface area contributed by atoms with Gasteiger partial charge in [0.05, 0.1) is 10.9 Å². The first kappa shape index (κ1) is 18.4. The summed E-state index contributed by atoms with van der Waals surface area (Å²) in [6, 6.07) is 7.84. The number of benzene rings is 1. The van der Waals surface area contributed by atoms with Crippen molar-refractivity contribution >= 4 is 29.5 Å². The number of carbonyl (C=O) groups excluding carboxylic acids is 1. The molecule has 9 nitrogen and oxygen atoms in total. The number of rotatable bonds is 6. The number of hydrogen-bond donors (Lipinski definition) is 0. The van der Waals surface area contributed by atoms with Crippen LogP contribution in [0.4, 0.5) is 5.69 Å². The highest BCUT2D eigenvalue weighted by Crippen LogP contribution is 2.31. The van der Waals surface area contributed by atoms with Crippen molar-refractivity contribution in [1.29, 1.82) is 0 Å². The van der Waals surface area contributed by atoms with E-state index in [-0.39, 0.29) is 21.6 Å². The maximum absolute atomic E-state index is 11.3. The normalized spacial score (nSPS) is 11.6. The number of aliphatic carboxylic acids is 1. The van der Waals surface area contributed by atoms with E-state index in [4.69, 9.17) is 8.83 Å². The highest BCUT2D eigenvalue weighted by atomic mass is 32.2. The summed E-state index contributed by atoms with van der Waals surface area (Å²) >= 11 is 0.735. The van der Waals surface area contributed by atoms with Gasteiger partial charge in [-0.3, -0.25) is 10.1 Å². The summed E-state index contributed by atoms with van der Waals surface area (Å²) in [5.41, 5.74) is 1.00. The second-order valence-electron chi connectivity index (χ2n) is 5.45. The van der Waals surface area contributed by atoms with E-state index in [1.807, 2.05) is 0 Å². The van der Waals surface area contributed by atoms with Crippen molar-refractivity contribution in [2.75, 3.05) is 0 Å². The van der Waals surface area contributed by atoms with E-state index < -0.39 is 10.9 Å². The molecule has 0 aliphatic heterocycles. The van der Waals surface area contributed by atoms with Crippen LogP contribution in [-0.4, -0.2) is 21.1 Å². The fraction of sp³-hybridized carbons (Fsp3) is 0.118. The molecule has 27 heavy (non-hydrogen) atoms. The number of nitro benzene ring substituents is 1. The minimum Gasteiger partial charge on any atom is -0.544 e. The van der Waals surface area contributed by atoms with Gasteiger partial charge in [-0.2, -0.15) is 0 Å². The predicted molar refractivity (Wildman–Crippen MR) is 93.4 cm³/mol. The lowest BCUT2D eigenvalue weighted by Gasteiger charge is -2.04. The zero-order chi connectivity index (χ0) is 19.6. The van der Waals surface area contributed by atoms with E-state index in [1.165, 1.54) is 12.1 Å². The molecular formula is C17H12N3O6S-. The summed E-state index contributed by atoms with van der Waals surface area (Å²) in [6.45, 7) is 3.22. The fourth-order valence-corrected chi connectivity index (χ4v) is 2.91. The monoisotopic (exact) mass is 386 g/mol. The Bertz CT molecular complexity index is 1050. The van der Waals surface area contributed by atoms with Crippen LogP contribution in [0.25, 0.3) is 17.4 Å². The number of furan rings is 1. The van der Waals surface area contributed by atoms with Crippen molar-refractivity contribution in [2.45, 2.75) is 19.1 Å². The zero-order valence-electron chi connectivity index (χ0n) is 14.2. The molecule has 0 aliphatic rings. The smallest absolute Gasteiger partial charge is 0.281 e. The van der Waals surface area contributed by atoms with Gasteiger partial charge in [-0.15, -0.1) is 10.2 Å². The molecule has 0 aliphatic carbocycles. The number of aryl methyl sites for hydroxylation is 2. The van der Waals surface area contributed by atoms with Gasteiger partial charge in [0, 0.05) is 29.0 Å². The number of thioether (sulfide) groups is 1. The Morgan fingerprint density at radius 2 is 1.96 bits per heavy atom. The molecule has 0 fully saturated rings. The molecule has 2 aromatic heterocycles. The van der Waals surface area contributed by atoms with E-state index in [0.717, 1.165) is 11.8 Å². The van der Waals surface area contributed by atoms with Crippen LogP contribution in [0, 0.1) is 24.0 Å². The van der Waals surface area contributed by atoms with Gasteiger partial charge in [0.25, 0.3) is 10.9 Å². The van der Waals surface area contributed by atoms with E-state index in [9.17, 15) is 20.0 Å². The maximum Gasteiger partial charge on any atom is 0.281 e. The van der Waals surface area contributed by atoms with Crippen LogP contribution in [0.15, 0.2) is 49.3 Å². The van der Waals surface area contributed by atoms with Crippen LogP contribution >= 0.6 is 11.8 Å². The molecular weight excluding hydrogens is 374 g/mol. The third-order valence-corrected chi connectivity index (χ3v) is 4.34. The largest absolute Gasteiger partial charge is 0.544 e. The van der Waals surface area contributed by atoms with Crippen LogP contribution in [0.2, 0.25) is 0 Å². The Labute approximate surface area is 156 Å². The Balaban J connectivity index is 1.89. The van der Waals surface area contributed by atoms with Crippen LogP contribution in [0.5, 0.6) is 0 Å². The summed E-state index contributed by atoms with van der Waals surface area (Å²) in [7, 11) is 0. The summed E-state index contributed by atoms with van der Waals surface area (Å²) < 4.78 is 10.7. The number of nitrogens with zero attached hydrogens (tertiary/aromatic N) is 3. The summed E-state index contributed by atoms with van der Waals surface area (Å²) in [4.78, 5) is 21.8. The lowest BCUT2D eigenvalue weighted by atomic mass is 10.1. The van der Waals surface area contributed by atoms with Gasteiger partial charge in [-0.25, -0.2) is 0 Å². The molecule has 10 heteroatoms. The first-order valence-electron chi connectivity index (χ1n) is 7.60. The van der Waals surface area contributed by atoms with Gasteiger partial charge in [-0.05, 0) is 36.9 Å². The average molecular weight is 386 g/mol. The molecule has 3 rings (SSSR count). The second kappa shape index (κ2) is 7.46. The first-order valence-corrected chi connectivity index (χ1v) is 8.41. The molecule has 138 valence electrons. The summed E-state index contributed by atoms with van der Waals surface area (Å²) in [5, 5.41) is 29.8. The molecule has 0 radical (unpaired) electrons. The molecule has 0 bridgehead atoms. The Morgan fingerprint density at radius 1 is 1.19 bits per heavy atom. The maximum atomic E-state index is 11.3. The van der Waals surface area contributed by atoms with Crippen molar-refractivity contribution in [3.8, 4) is 11.3 Å². The Kier molecular flexibility index (Phi) is 5.08. The average Bonchev–Trinajstić information content (AvgIpc) is 3.23. The quantitative estimate of drug-likeness (QED) is 0.271. The Morgan fingerprint density at radius 3 is 2.59 bits per heavy atom. The van der Waals surface area contributed by atoms with E-state index in [2.05, 4.69) is 10.2 Å². The zero-order valence-corrected chi connectivity index (χ0v) is 15.0. The molecule has 3 aromatic rings. The topological polar surface area (TPSA) is 135 Å².